The Balaban J connectivity index is -0.0000000250. The van der Waals surface area contributed by atoms with Crippen LogP contribution in [-0.2, 0) is 36.2 Å². The molecule has 0 amide bonds. The molecule has 5 N–H and O–H groups in total. The van der Waals surface area contributed by atoms with Crippen molar-refractivity contribution >= 4 is 23.9 Å². The fourth-order valence-electron chi connectivity index (χ4n) is 0. The topological polar surface area (TPSA) is 210 Å². The van der Waals surface area contributed by atoms with Gasteiger partial charge in [0.25, 0.3) is 5.97 Å². The SMILES string of the molecule is CC(=O)O.CC(=O)[O-].CC(=O)[O-].CC(=O)[O-].NCCN.[Fe+2].[Na+]. The Kier molecular flexibility index (Phi) is 83.4. The molecule has 0 saturated carbocycles. The maximum Gasteiger partial charge on any atom is 2.00 e. The maximum atomic E-state index is 9.00. The normalized spacial score (nSPS) is 5.91. The number of carbonyl (C=O) groups excluding carboxylic acids is 3. The van der Waals surface area contributed by atoms with Crippen LogP contribution < -0.4 is 56.3 Å². The quantitative estimate of drug-likeness (QED) is 0.368. The number of hydrogen-bond donors (Lipinski definition) is 3. The summed E-state index contributed by atoms with van der Waals surface area (Å²) in [6.07, 6.45) is 0. The van der Waals surface area contributed by atoms with Crippen LogP contribution in [0.2, 0.25) is 0 Å². The molecule has 0 aliphatic carbocycles. The fraction of sp³-hybridized carbons (Fsp3) is 0.600. The summed E-state index contributed by atoms with van der Waals surface area (Å²) in [5.41, 5.74) is 9.81. The minimum atomic E-state index is -1.08. The van der Waals surface area contributed by atoms with Gasteiger partial charge in [-0.3, -0.25) is 4.79 Å². The van der Waals surface area contributed by atoms with E-state index in [1.54, 1.807) is 0 Å². The van der Waals surface area contributed by atoms with E-state index >= 15 is 0 Å². The fourth-order valence-corrected chi connectivity index (χ4v) is 0. The van der Waals surface area contributed by atoms with Gasteiger partial charge in [0, 0.05) is 37.9 Å². The van der Waals surface area contributed by atoms with Gasteiger partial charge in [-0.2, -0.15) is 0 Å². The second-order valence-corrected chi connectivity index (χ2v) is 2.57. The molecule has 0 bridgehead atoms. The summed E-state index contributed by atoms with van der Waals surface area (Å²) in [7, 11) is 0. The van der Waals surface area contributed by atoms with Crippen molar-refractivity contribution in [2.45, 2.75) is 27.7 Å². The van der Waals surface area contributed by atoms with Crippen LogP contribution in [0.1, 0.15) is 27.7 Å². The molecule has 0 fully saturated rings. The van der Waals surface area contributed by atoms with E-state index in [9.17, 15) is 0 Å². The molecule has 22 heavy (non-hydrogen) atoms. The van der Waals surface area contributed by atoms with Crippen molar-refractivity contribution in [3.8, 4) is 0 Å². The predicted octanol–water partition coefficient (Wildman–Crippen LogP) is -7.74. The van der Waals surface area contributed by atoms with Crippen molar-refractivity contribution < 1.29 is 86.2 Å². The monoisotopic (exact) mass is 376 g/mol. The average Bonchev–Trinajstić information content (AvgIpc) is 2.13. The van der Waals surface area contributed by atoms with Gasteiger partial charge in [0.15, 0.2) is 0 Å². The predicted molar refractivity (Wildman–Crippen MR) is 63.5 cm³/mol. The second-order valence-electron chi connectivity index (χ2n) is 2.57. The third kappa shape index (κ3) is 63500. The van der Waals surface area contributed by atoms with Gasteiger partial charge >= 0.3 is 46.6 Å². The van der Waals surface area contributed by atoms with Gasteiger partial charge in [0.05, 0.1) is 0 Å². The van der Waals surface area contributed by atoms with Crippen LogP contribution in [0.5, 0.6) is 0 Å². The Labute approximate surface area is 162 Å². The molecular weight excluding hydrogens is 355 g/mol. The van der Waals surface area contributed by atoms with Gasteiger partial charge in [-0.1, -0.05) is 0 Å². The molecule has 0 heterocycles. The maximum absolute atomic E-state index is 9.00. The van der Waals surface area contributed by atoms with Gasteiger partial charge in [-0.25, -0.2) is 0 Å². The van der Waals surface area contributed by atoms with E-state index < -0.39 is 23.9 Å². The van der Waals surface area contributed by atoms with E-state index in [1.807, 2.05) is 0 Å². The second kappa shape index (κ2) is 42.7. The first-order valence-electron chi connectivity index (χ1n) is 4.97. The minimum absolute atomic E-state index is 0. The molecule has 0 aliphatic rings. The Bertz CT molecular complexity index is 201. The van der Waals surface area contributed by atoms with Crippen LogP contribution in [-0.4, -0.2) is 42.1 Å². The minimum Gasteiger partial charge on any atom is -0.550 e. The molecule has 0 rings (SSSR count). The third-order valence-electron chi connectivity index (χ3n) is 0.167. The van der Waals surface area contributed by atoms with Gasteiger partial charge in [-0.05, 0) is 20.8 Å². The number of aliphatic carboxylic acids is 4. The van der Waals surface area contributed by atoms with Crippen LogP contribution in [0.25, 0.3) is 0 Å². The summed E-state index contributed by atoms with van der Waals surface area (Å²) in [6, 6.07) is 0. The van der Waals surface area contributed by atoms with E-state index in [4.69, 9.17) is 51.1 Å². The molecule has 0 aromatic rings. The van der Waals surface area contributed by atoms with Crippen LogP contribution in [0.3, 0.4) is 0 Å². The Morgan fingerprint density at radius 3 is 0.818 bits per heavy atom. The summed E-state index contributed by atoms with van der Waals surface area (Å²) < 4.78 is 0. The summed E-state index contributed by atoms with van der Waals surface area (Å²) in [5.74, 6) is -4.08. The molecule has 0 saturated heterocycles. The van der Waals surface area contributed by atoms with E-state index in [-0.39, 0.29) is 46.6 Å². The summed E-state index contributed by atoms with van der Waals surface area (Å²) in [4.78, 5) is 35.7. The zero-order valence-corrected chi connectivity index (χ0v) is 16.3. The molecule has 0 atom stereocenters. The Hall–Kier alpha value is -0.681. The summed E-state index contributed by atoms with van der Waals surface area (Å²) in [5, 5.41) is 34.1. The number of hydrogen-bond acceptors (Lipinski definition) is 9. The van der Waals surface area contributed by atoms with E-state index in [1.165, 1.54) is 0 Å². The van der Waals surface area contributed by atoms with Gasteiger partial charge in [0.2, 0.25) is 0 Å². The van der Waals surface area contributed by atoms with Crippen molar-refractivity contribution in [1.29, 1.82) is 0 Å². The summed E-state index contributed by atoms with van der Waals surface area (Å²) >= 11 is 0. The molecule has 12 heteroatoms. The van der Waals surface area contributed by atoms with Crippen molar-refractivity contribution in [2.75, 3.05) is 13.1 Å². The van der Waals surface area contributed by atoms with Gasteiger partial charge in [0.1, 0.15) is 0 Å². The van der Waals surface area contributed by atoms with Crippen LogP contribution in [0, 0.1) is 0 Å². The van der Waals surface area contributed by atoms with Crippen molar-refractivity contribution in [1.82, 2.24) is 0 Å². The number of carbonyl (C=O) groups is 4. The van der Waals surface area contributed by atoms with Crippen LogP contribution in [0.15, 0.2) is 0 Å². The van der Waals surface area contributed by atoms with Crippen molar-refractivity contribution in [3.05, 3.63) is 0 Å². The van der Waals surface area contributed by atoms with E-state index in [0.29, 0.717) is 13.1 Å². The standard InChI is InChI=1S/C2H8N2.4C2H4O2.Fe.Na/c3-1-2-4;4*1-2(3)4;;/h1-4H2;4*1H3,(H,3,4);;/q;;;;;+2;+1/p-3. The molecule has 10 nitrogen and oxygen atoms in total. The molecule has 0 aliphatic heterocycles. The molecular formula is C10H21FeN2NaO8. The van der Waals surface area contributed by atoms with Gasteiger partial charge < -0.3 is 46.3 Å². The zero-order valence-electron chi connectivity index (χ0n) is 13.2. The number of rotatable bonds is 1. The molecule has 0 radical (unpaired) electrons. The molecule has 128 valence electrons. The number of nitrogens with two attached hydrogens (primary N) is 2. The van der Waals surface area contributed by atoms with Crippen LogP contribution >= 0.6 is 0 Å². The van der Waals surface area contributed by atoms with Crippen LogP contribution in [0.4, 0.5) is 0 Å². The zero-order chi connectivity index (χ0) is 17.7. The molecule has 0 aromatic heterocycles. The number of carboxylic acid groups (broad SMARTS) is 4. The summed E-state index contributed by atoms with van der Waals surface area (Å²) in [6.45, 7) is 5.19. The van der Waals surface area contributed by atoms with E-state index in [2.05, 4.69) is 0 Å². The van der Waals surface area contributed by atoms with Crippen molar-refractivity contribution in [2.24, 2.45) is 11.5 Å². The molecule has 0 aromatic carbocycles. The first-order chi connectivity index (χ1) is 8.84. The smallest absolute Gasteiger partial charge is 0.550 e. The Morgan fingerprint density at radius 1 is 0.773 bits per heavy atom. The number of carboxylic acids is 4. The first kappa shape index (κ1) is 42.9. The molecule has 0 unspecified atom stereocenters. The molecule has 0 spiro atoms. The van der Waals surface area contributed by atoms with Gasteiger partial charge in [-0.15, -0.1) is 0 Å². The van der Waals surface area contributed by atoms with E-state index in [0.717, 1.165) is 27.7 Å². The van der Waals surface area contributed by atoms with Crippen molar-refractivity contribution in [3.63, 3.8) is 0 Å². The Morgan fingerprint density at radius 2 is 0.818 bits per heavy atom. The largest absolute Gasteiger partial charge is 2.00 e. The first-order valence-corrected chi connectivity index (χ1v) is 4.97. The average molecular weight is 376 g/mol. The third-order valence-corrected chi connectivity index (χ3v) is 0.167.